The molecule has 2 N–H and O–H groups in total. The maximum absolute atomic E-state index is 13.4. The zero-order valence-electron chi connectivity index (χ0n) is 10.0. The Morgan fingerprint density at radius 1 is 1.11 bits per heavy atom. The molecule has 0 aliphatic rings. The highest BCUT2D eigenvalue weighted by Crippen LogP contribution is 2.30. The van der Waals surface area contributed by atoms with Gasteiger partial charge in [-0.2, -0.15) is 0 Å². The molecule has 0 aliphatic heterocycles. The van der Waals surface area contributed by atoms with Crippen molar-refractivity contribution in [2.45, 2.75) is 6.92 Å². The van der Waals surface area contributed by atoms with Crippen molar-refractivity contribution < 1.29 is 13.9 Å². The topological polar surface area (TPSA) is 44.5 Å². The van der Waals surface area contributed by atoms with Crippen molar-refractivity contribution in [1.29, 1.82) is 0 Å². The van der Waals surface area contributed by atoms with Gasteiger partial charge in [0.05, 0.1) is 12.3 Å². The van der Waals surface area contributed by atoms with Gasteiger partial charge in [-0.3, -0.25) is 0 Å². The summed E-state index contributed by atoms with van der Waals surface area (Å²) in [5, 5.41) is 0. The normalized spacial score (nSPS) is 10.1. The van der Waals surface area contributed by atoms with Gasteiger partial charge in [0, 0.05) is 6.07 Å². The average molecular weight is 247 g/mol. The molecule has 2 rings (SSSR count). The number of anilines is 1. The van der Waals surface area contributed by atoms with Gasteiger partial charge in [-0.1, -0.05) is 12.1 Å². The van der Waals surface area contributed by atoms with E-state index in [0.29, 0.717) is 23.8 Å². The Labute approximate surface area is 105 Å². The summed E-state index contributed by atoms with van der Waals surface area (Å²) >= 11 is 0. The molecule has 0 amide bonds. The van der Waals surface area contributed by atoms with E-state index in [1.165, 1.54) is 6.07 Å². The fraction of sp³-hybridized carbons (Fsp3) is 0.143. The SMILES string of the molecule is CCOc1cc(Oc2ccccc2F)ccc1N. The van der Waals surface area contributed by atoms with Crippen molar-refractivity contribution in [2.75, 3.05) is 12.3 Å². The predicted molar refractivity (Wildman–Crippen MR) is 68.5 cm³/mol. The highest BCUT2D eigenvalue weighted by molar-refractivity contribution is 5.56. The first kappa shape index (κ1) is 12.2. The van der Waals surface area contributed by atoms with Crippen molar-refractivity contribution in [3.05, 3.63) is 48.3 Å². The molecule has 18 heavy (non-hydrogen) atoms. The van der Waals surface area contributed by atoms with Crippen LogP contribution in [0.4, 0.5) is 10.1 Å². The van der Waals surface area contributed by atoms with Crippen LogP contribution in [0.5, 0.6) is 17.2 Å². The fourth-order valence-electron chi connectivity index (χ4n) is 1.51. The van der Waals surface area contributed by atoms with Gasteiger partial charge < -0.3 is 15.2 Å². The monoisotopic (exact) mass is 247 g/mol. The molecule has 2 aromatic carbocycles. The second-order valence-corrected chi connectivity index (χ2v) is 3.67. The van der Waals surface area contributed by atoms with E-state index in [2.05, 4.69) is 0 Å². The van der Waals surface area contributed by atoms with Crippen LogP contribution in [0.15, 0.2) is 42.5 Å². The summed E-state index contributed by atoms with van der Waals surface area (Å²) in [5.41, 5.74) is 6.27. The van der Waals surface area contributed by atoms with Crippen molar-refractivity contribution in [2.24, 2.45) is 0 Å². The lowest BCUT2D eigenvalue weighted by atomic mass is 10.2. The number of para-hydroxylation sites is 1. The molecule has 0 aliphatic carbocycles. The molecule has 0 bridgehead atoms. The number of nitrogen functional groups attached to an aromatic ring is 1. The molecule has 0 radical (unpaired) electrons. The Hall–Kier alpha value is -2.23. The lowest BCUT2D eigenvalue weighted by molar-refractivity contribution is 0.339. The van der Waals surface area contributed by atoms with Gasteiger partial charge in [-0.15, -0.1) is 0 Å². The van der Waals surface area contributed by atoms with Gasteiger partial charge >= 0.3 is 0 Å². The van der Waals surface area contributed by atoms with Crippen molar-refractivity contribution in [3.8, 4) is 17.2 Å². The molecule has 0 fully saturated rings. The number of ether oxygens (including phenoxy) is 2. The molecule has 0 atom stereocenters. The maximum Gasteiger partial charge on any atom is 0.165 e. The predicted octanol–water partition coefficient (Wildman–Crippen LogP) is 3.60. The zero-order chi connectivity index (χ0) is 13.0. The third-order valence-electron chi connectivity index (χ3n) is 2.35. The highest BCUT2D eigenvalue weighted by atomic mass is 19.1. The summed E-state index contributed by atoms with van der Waals surface area (Å²) in [7, 11) is 0. The highest BCUT2D eigenvalue weighted by Gasteiger charge is 2.06. The fourth-order valence-corrected chi connectivity index (χ4v) is 1.51. The van der Waals surface area contributed by atoms with E-state index in [-0.39, 0.29) is 5.75 Å². The molecule has 0 heterocycles. The summed E-state index contributed by atoms with van der Waals surface area (Å²) in [6.45, 7) is 2.37. The molecule has 0 spiro atoms. The summed E-state index contributed by atoms with van der Waals surface area (Å²) in [4.78, 5) is 0. The molecule has 0 saturated carbocycles. The first-order valence-corrected chi connectivity index (χ1v) is 5.65. The van der Waals surface area contributed by atoms with Crippen molar-refractivity contribution in [3.63, 3.8) is 0 Å². The minimum atomic E-state index is -0.410. The average Bonchev–Trinajstić information content (AvgIpc) is 2.36. The van der Waals surface area contributed by atoms with E-state index in [0.717, 1.165) is 0 Å². The Morgan fingerprint density at radius 2 is 1.89 bits per heavy atom. The summed E-state index contributed by atoms with van der Waals surface area (Å²) < 4.78 is 24.2. The second-order valence-electron chi connectivity index (χ2n) is 3.67. The van der Waals surface area contributed by atoms with E-state index in [9.17, 15) is 4.39 Å². The minimum absolute atomic E-state index is 0.171. The van der Waals surface area contributed by atoms with Crippen molar-refractivity contribution >= 4 is 5.69 Å². The Kier molecular flexibility index (Phi) is 3.67. The second kappa shape index (κ2) is 5.40. The van der Waals surface area contributed by atoms with Gasteiger partial charge in [-0.05, 0) is 31.2 Å². The molecule has 0 unspecified atom stereocenters. The van der Waals surface area contributed by atoms with Gasteiger partial charge in [0.1, 0.15) is 11.5 Å². The smallest absolute Gasteiger partial charge is 0.165 e. The van der Waals surface area contributed by atoms with E-state index in [1.54, 1.807) is 36.4 Å². The van der Waals surface area contributed by atoms with E-state index >= 15 is 0 Å². The van der Waals surface area contributed by atoms with Crippen LogP contribution in [0.1, 0.15) is 6.92 Å². The van der Waals surface area contributed by atoms with E-state index in [1.807, 2.05) is 6.92 Å². The number of hydrogen-bond donors (Lipinski definition) is 1. The van der Waals surface area contributed by atoms with Crippen LogP contribution in [-0.4, -0.2) is 6.61 Å². The van der Waals surface area contributed by atoms with Gasteiger partial charge in [0.2, 0.25) is 0 Å². The number of hydrogen-bond acceptors (Lipinski definition) is 3. The van der Waals surface area contributed by atoms with Crippen LogP contribution in [0.2, 0.25) is 0 Å². The van der Waals surface area contributed by atoms with Crippen LogP contribution < -0.4 is 15.2 Å². The summed E-state index contributed by atoms with van der Waals surface area (Å²) in [5.74, 6) is 0.779. The third-order valence-corrected chi connectivity index (χ3v) is 2.35. The largest absolute Gasteiger partial charge is 0.492 e. The van der Waals surface area contributed by atoms with Gasteiger partial charge in [0.25, 0.3) is 0 Å². The molecule has 0 saturated heterocycles. The number of halogens is 1. The molecule has 2 aromatic rings. The molecule has 3 nitrogen and oxygen atoms in total. The molecule has 4 heteroatoms. The lowest BCUT2D eigenvalue weighted by Crippen LogP contribution is -1.97. The van der Waals surface area contributed by atoms with Crippen molar-refractivity contribution in [1.82, 2.24) is 0 Å². The van der Waals surface area contributed by atoms with Gasteiger partial charge in [-0.25, -0.2) is 4.39 Å². The number of rotatable bonds is 4. The zero-order valence-corrected chi connectivity index (χ0v) is 10.0. The molecular weight excluding hydrogens is 233 g/mol. The molecular formula is C14H14FNO2. The first-order valence-electron chi connectivity index (χ1n) is 5.65. The summed E-state index contributed by atoms with van der Waals surface area (Å²) in [6.07, 6.45) is 0. The third kappa shape index (κ3) is 2.71. The van der Waals surface area contributed by atoms with Gasteiger partial charge in [0.15, 0.2) is 11.6 Å². The quantitative estimate of drug-likeness (QED) is 0.839. The van der Waals surface area contributed by atoms with Crippen LogP contribution >= 0.6 is 0 Å². The number of benzene rings is 2. The maximum atomic E-state index is 13.4. The standard InChI is InChI=1S/C14H14FNO2/c1-2-17-14-9-10(7-8-12(14)16)18-13-6-4-3-5-11(13)15/h3-9H,2,16H2,1H3. The number of nitrogens with two attached hydrogens (primary N) is 1. The minimum Gasteiger partial charge on any atom is -0.492 e. The van der Waals surface area contributed by atoms with Crippen LogP contribution in [0.3, 0.4) is 0 Å². The van der Waals surface area contributed by atoms with Crippen LogP contribution in [0, 0.1) is 5.82 Å². The summed E-state index contributed by atoms with van der Waals surface area (Å²) in [6, 6.07) is 11.2. The first-order chi connectivity index (χ1) is 8.70. The Bertz CT molecular complexity index is 543. The van der Waals surface area contributed by atoms with E-state index in [4.69, 9.17) is 15.2 Å². The Morgan fingerprint density at radius 3 is 2.61 bits per heavy atom. The molecule has 0 aromatic heterocycles. The van der Waals surface area contributed by atoms with Crippen LogP contribution in [-0.2, 0) is 0 Å². The molecule has 94 valence electrons. The van der Waals surface area contributed by atoms with Crippen LogP contribution in [0.25, 0.3) is 0 Å². The lowest BCUT2D eigenvalue weighted by Gasteiger charge is -2.10. The van der Waals surface area contributed by atoms with E-state index < -0.39 is 5.82 Å². The Balaban J connectivity index is 2.24.